The van der Waals surface area contributed by atoms with Crippen LogP contribution in [0.5, 0.6) is 0 Å². The third-order valence-electron chi connectivity index (χ3n) is 4.47. The number of nitrogens with one attached hydrogen (secondary N) is 2. The molecule has 1 heterocycles. The van der Waals surface area contributed by atoms with E-state index in [1.54, 1.807) is 43.5 Å². The van der Waals surface area contributed by atoms with Gasteiger partial charge >= 0.3 is 5.97 Å². The van der Waals surface area contributed by atoms with E-state index in [4.69, 9.17) is 4.74 Å². The topological polar surface area (TPSA) is 80.3 Å². The van der Waals surface area contributed by atoms with Crippen LogP contribution in [-0.2, 0) is 4.74 Å². The number of nitrogens with zero attached hydrogens (tertiary/aromatic N) is 1. The van der Waals surface area contributed by atoms with Crippen molar-refractivity contribution in [2.24, 2.45) is 0 Å². The molecule has 6 nitrogen and oxygen atoms in total. The van der Waals surface area contributed by atoms with E-state index in [1.807, 2.05) is 25.1 Å². The van der Waals surface area contributed by atoms with Crippen molar-refractivity contribution >= 4 is 28.9 Å². The molecule has 29 heavy (non-hydrogen) atoms. The number of ether oxygens (including phenoxy) is 1. The molecule has 0 aliphatic carbocycles. The molecule has 0 aliphatic heterocycles. The van der Waals surface area contributed by atoms with E-state index in [9.17, 15) is 9.59 Å². The zero-order valence-corrected chi connectivity index (χ0v) is 16.7. The van der Waals surface area contributed by atoms with Crippen molar-refractivity contribution in [3.8, 4) is 0 Å². The third kappa shape index (κ3) is 4.99. The predicted molar refractivity (Wildman–Crippen MR) is 114 cm³/mol. The number of carbonyl (C=O) groups excluding carboxylic acids is 2. The van der Waals surface area contributed by atoms with Crippen LogP contribution in [0.15, 0.2) is 60.9 Å². The zero-order valence-electron chi connectivity index (χ0n) is 16.7. The lowest BCUT2D eigenvalue weighted by Crippen LogP contribution is -2.16. The van der Waals surface area contributed by atoms with Gasteiger partial charge in [-0.15, -0.1) is 0 Å². The van der Waals surface area contributed by atoms with Crippen LogP contribution < -0.4 is 10.6 Å². The van der Waals surface area contributed by atoms with Crippen LogP contribution in [0.3, 0.4) is 0 Å². The molecule has 0 bridgehead atoms. The lowest BCUT2D eigenvalue weighted by molar-refractivity contribution is 0.0527. The number of hydrogen-bond donors (Lipinski definition) is 2. The Kier molecular flexibility index (Phi) is 6.24. The van der Waals surface area contributed by atoms with Crippen molar-refractivity contribution in [3.05, 3.63) is 83.2 Å². The number of anilines is 3. The number of hydrogen-bond acceptors (Lipinski definition) is 5. The Morgan fingerprint density at radius 1 is 0.966 bits per heavy atom. The second-order valence-corrected chi connectivity index (χ2v) is 6.61. The van der Waals surface area contributed by atoms with Gasteiger partial charge in [-0.25, -0.2) is 4.79 Å². The smallest absolute Gasteiger partial charge is 0.340 e. The Hall–Kier alpha value is -3.67. The second-order valence-electron chi connectivity index (χ2n) is 6.61. The van der Waals surface area contributed by atoms with E-state index in [1.165, 1.54) is 17.3 Å². The molecule has 2 N–H and O–H groups in total. The van der Waals surface area contributed by atoms with Gasteiger partial charge in [-0.05, 0) is 62.2 Å². The molecule has 2 aromatic carbocycles. The minimum absolute atomic E-state index is 0.261. The molecule has 148 valence electrons. The highest BCUT2D eigenvalue weighted by Gasteiger charge is 2.15. The van der Waals surface area contributed by atoms with E-state index in [0.717, 1.165) is 5.69 Å². The van der Waals surface area contributed by atoms with Gasteiger partial charge in [0, 0.05) is 11.9 Å². The molecule has 0 aliphatic rings. The summed E-state index contributed by atoms with van der Waals surface area (Å²) >= 11 is 0. The molecule has 0 radical (unpaired) electrons. The van der Waals surface area contributed by atoms with Crippen molar-refractivity contribution < 1.29 is 14.3 Å². The molecule has 3 aromatic rings. The summed E-state index contributed by atoms with van der Waals surface area (Å²) < 4.78 is 5.05. The average Bonchev–Trinajstić information content (AvgIpc) is 2.71. The highest BCUT2D eigenvalue weighted by Crippen LogP contribution is 2.21. The SMILES string of the molecule is CCOC(=O)c1ccccc1NC(=O)c1cncc(Nc2ccc(C)c(C)c2)c1. The molecule has 0 saturated heterocycles. The Labute approximate surface area is 169 Å². The number of aromatic nitrogens is 1. The number of rotatable bonds is 6. The summed E-state index contributed by atoms with van der Waals surface area (Å²) in [6.45, 7) is 6.10. The van der Waals surface area contributed by atoms with Crippen molar-refractivity contribution in [2.45, 2.75) is 20.8 Å². The molecule has 3 rings (SSSR count). The fraction of sp³-hybridized carbons (Fsp3) is 0.174. The number of esters is 1. The monoisotopic (exact) mass is 389 g/mol. The molecule has 6 heteroatoms. The molecule has 0 unspecified atom stereocenters. The number of benzene rings is 2. The van der Waals surface area contributed by atoms with Crippen LogP contribution in [0, 0.1) is 13.8 Å². The van der Waals surface area contributed by atoms with Crippen LogP contribution in [0.2, 0.25) is 0 Å². The molecular weight excluding hydrogens is 366 g/mol. The Balaban J connectivity index is 1.78. The Morgan fingerprint density at radius 3 is 2.52 bits per heavy atom. The van der Waals surface area contributed by atoms with Gasteiger partial charge in [-0.2, -0.15) is 0 Å². The largest absolute Gasteiger partial charge is 0.462 e. The number of amides is 1. The molecule has 1 aromatic heterocycles. The highest BCUT2D eigenvalue weighted by molar-refractivity contribution is 6.08. The van der Waals surface area contributed by atoms with Gasteiger partial charge in [-0.1, -0.05) is 18.2 Å². The maximum absolute atomic E-state index is 12.7. The van der Waals surface area contributed by atoms with Crippen LogP contribution in [0.4, 0.5) is 17.1 Å². The maximum Gasteiger partial charge on any atom is 0.340 e. The summed E-state index contributed by atoms with van der Waals surface area (Å²) in [5, 5.41) is 6.03. The molecule has 1 amide bonds. The van der Waals surface area contributed by atoms with Crippen molar-refractivity contribution in [2.75, 3.05) is 17.2 Å². The van der Waals surface area contributed by atoms with Crippen LogP contribution in [-0.4, -0.2) is 23.5 Å². The molecular formula is C23H23N3O3. The summed E-state index contributed by atoms with van der Waals surface area (Å²) in [7, 11) is 0. The Bertz CT molecular complexity index is 1050. The normalized spacial score (nSPS) is 10.3. The highest BCUT2D eigenvalue weighted by atomic mass is 16.5. The summed E-state index contributed by atoms with van der Waals surface area (Å²) in [5.74, 6) is -0.843. The van der Waals surface area contributed by atoms with Gasteiger partial charge in [-0.3, -0.25) is 9.78 Å². The molecule has 0 saturated carbocycles. The van der Waals surface area contributed by atoms with E-state index in [2.05, 4.69) is 22.5 Å². The van der Waals surface area contributed by atoms with Crippen LogP contribution in [0.25, 0.3) is 0 Å². The fourth-order valence-electron chi connectivity index (χ4n) is 2.79. The summed E-state index contributed by atoms with van der Waals surface area (Å²) in [4.78, 5) is 29.0. The minimum atomic E-state index is -0.480. The Morgan fingerprint density at radius 2 is 1.76 bits per heavy atom. The molecule has 0 fully saturated rings. The van der Waals surface area contributed by atoms with E-state index >= 15 is 0 Å². The van der Waals surface area contributed by atoms with Gasteiger partial charge in [0.1, 0.15) is 0 Å². The third-order valence-corrected chi connectivity index (χ3v) is 4.47. The first-order valence-corrected chi connectivity index (χ1v) is 9.34. The standard InChI is InChI=1S/C23H23N3O3/c1-4-29-23(28)20-7-5-6-8-21(20)26-22(27)17-12-19(14-24-13-17)25-18-10-9-15(2)16(3)11-18/h5-14,25H,4H2,1-3H3,(H,26,27). The maximum atomic E-state index is 12.7. The summed E-state index contributed by atoms with van der Waals surface area (Å²) in [5.41, 5.74) is 5.07. The number of carbonyl (C=O) groups is 2. The first-order chi connectivity index (χ1) is 14.0. The van der Waals surface area contributed by atoms with Crippen molar-refractivity contribution in [3.63, 3.8) is 0 Å². The van der Waals surface area contributed by atoms with E-state index in [-0.39, 0.29) is 12.5 Å². The van der Waals surface area contributed by atoms with Gasteiger partial charge in [0.2, 0.25) is 0 Å². The minimum Gasteiger partial charge on any atom is -0.462 e. The number of aryl methyl sites for hydroxylation is 2. The van der Waals surface area contributed by atoms with E-state index < -0.39 is 5.97 Å². The zero-order chi connectivity index (χ0) is 20.8. The van der Waals surface area contributed by atoms with Gasteiger partial charge < -0.3 is 15.4 Å². The summed E-state index contributed by atoms with van der Waals surface area (Å²) in [6, 6.07) is 14.5. The predicted octanol–water partition coefficient (Wildman–Crippen LogP) is 4.87. The fourth-order valence-corrected chi connectivity index (χ4v) is 2.79. The second kappa shape index (κ2) is 9.01. The molecule has 0 spiro atoms. The molecule has 0 atom stereocenters. The average molecular weight is 389 g/mol. The van der Waals surface area contributed by atoms with Gasteiger partial charge in [0.15, 0.2) is 0 Å². The van der Waals surface area contributed by atoms with Gasteiger partial charge in [0.05, 0.1) is 35.3 Å². The number of para-hydroxylation sites is 1. The first-order valence-electron chi connectivity index (χ1n) is 9.34. The van der Waals surface area contributed by atoms with Gasteiger partial charge in [0.25, 0.3) is 5.91 Å². The number of pyridine rings is 1. The summed E-state index contributed by atoms with van der Waals surface area (Å²) in [6.07, 6.45) is 3.13. The van der Waals surface area contributed by atoms with Crippen molar-refractivity contribution in [1.82, 2.24) is 4.98 Å². The van der Waals surface area contributed by atoms with E-state index in [0.29, 0.717) is 22.5 Å². The van der Waals surface area contributed by atoms with Crippen LogP contribution >= 0.6 is 0 Å². The quantitative estimate of drug-likeness (QED) is 0.588. The lowest BCUT2D eigenvalue weighted by atomic mass is 10.1. The van der Waals surface area contributed by atoms with Crippen molar-refractivity contribution in [1.29, 1.82) is 0 Å². The van der Waals surface area contributed by atoms with Crippen LogP contribution in [0.1, 0.15) is 38.8 Å². The first kappa shape index (κ1) is 20.1. The lowest BCUT2D eigenvalue weighted by Gasteiger charge is -2.12.